The molecule has 0 bridgehead atoms. The van der Waals surface area contributed by atoms with Crippen LogP contribution in [0, 0.1) is 6.92 Å². The van der Waals surface area contributed by atoms with E-state index in [9.17, 15) is 4.79 Å². The molecular formula is C15H16N4O2. The van der Waals surface area contributed by atoms with E-state index in [1.54, 1.807) is 24.2 Å². The maximum Gasteiger partial charge on any atom is 0.273 e. The predicted molar refractivity (Wildman–Crippen MR) is 80.2 cm³/mol. The van der Waals surface area contributed by atoms with E-state index in [2.05, 4.69) is 15.1 Å². The van der Waals surface area contributed by atoms with Crippen molar-refractivity contribution < 1.29 is 4.74 Å². The highest BCUT2D eigenvalue weighted by Gasteiger charge is 2.09. The fourth-order valence-corrected chi connectivity index (χ4v) is 2.30. The van der Waals surface area contributed by atoms with E-state index >= 15 is 0 Å². The molecule has 108 valence electrons. The smallest absolute Gasteiger partial charge is 0.273 e. The fraction of sp³-hybridized carbons (Fsp3) is 0.267. The van der Waals surface area contributed by atoms with Crippen LogP contribution in [-0.4, -0.2) is 33.5 Å². The van der Waals surface area contributed by atoms with Crippen LogP contribution < -0.4 is 5.56 Å². The van der Waals surface area contributed by atoms with Gasteiger partial charge < -0.3 is 4.74 Å². The average Bonchev–Trinajstić information content (AvgIpc) is 2.81. The first-order valence-electron chi connectivity index (χ1n) is 6.69. The number of rotatable bonds is 4. The maximum atomic E-state index is 12.0. The van der Waals surface area contributed by atoms with Gasteiger partial charge in [0.15, 0.2) is 5.65 Å². The second-order valence-corrected chi connectivity index (χ2v) is 4.87. The van der Waals surface area contributed by atoms with Gasteiger partial charge in [-0.2, -0.15) is 0 Å². The molecular weight excluding hydrogens is 268 g/mol. The molecule has 0 aliphatic rings. The number of ether oxygens (including phenoxy) is 1. The summed E-state index contributed by atoms with van der Waals surface area (Å²) >= 11 is 0. The number of fused-ring (bicyclic) bond motifs is 1. The lowest BCUT2D eigenvalue weighted by atomic mass is 10.1. The summed E-state index contributed by atoms with van der Waals surface area (Å²) in [5, 5.41) is 3.37. The Morgan fingerprint density at radius 2 is 2.14 bits per heavy atom. The fourth-order valence-electron chi connectivity index (χ4n) is 2.30. The molecule has 21 heavy (non-hydrogen) atoms. The van der Waals surface area contributed by atoms with Crippen molar-refractivity contribution in [1.82, 2.24) is 19.7 Å². The normalized spacial score (nSPS) is 11.1. The maximum absolute atomic E-state index is 12.0. The second-order valence-electron chi connectivity index (χ2n) is 4.87. The van der Waals surface area contributed by atoms with E-state index in [4.69, 9.17) is 4.74 Å². The largest absolute Gasteiger partial charge is 0.383 e. The lowest BCUT2D eigenvalue weighted by Crippen LogP contribution is -2.09. The molecule has 3 aromatic rings. The summed E-state index contributed by atoms with van der Waals surface area (Å²) in [6.07, 6.45) is 3.52. The van der Waals surface area contributed by atoms with Crippen LogP contribution in [0.3, 0.4) is 0 Å². The Labute approximate surface area is 121 Å². The molecule has 0 spiro atoms. The van der Waals surface area contributed by atoms with Crippen LogP contribution in [0.15, 0.2) is 35.4 Å². The van der Waals surface area contributed by atoms with E-state index in [0.29, 0.717) is 24.2 Å². The first kappa shape index (κ1) is 13.5. The van der Waals surface area contributed by atoms with Gasteiger partial charge in [0.05, 0.1) is 18.5 Å². The lowest BCUT2D eigenvalue weighted by molar-refractivity contribution is 0.184. The number of nitrogens with zero attached hydrogens (tertiary/aromatic N) is 3. The van der Waals surface area contributed by atoms with E-state index < -0.39 is 0 Å². The quantitative estimate of drug-likeness (QED) is 0.792. The van der Waals surface area contributed by atoms with Crippen molar-refractivity contribution in [2.45, 2.75) is 13.5 Å². The number of aromatic amines is 1. The van der Waals surface area contributed by atoms with E-state index in [1.807, 2.05) is 25.1 Å². The van der Waals surface area contributed by atoms with Gasteiger partial charge in [0.25, 0.3) is 5.56 Å². The molecule has 0 atom stereocenters. The van der Waals surface area contributed by atoms with Crippen molar-refractivity contribution in [2.24, 2.45) is 0 Å². The molecule has 3 aromatic heterocycles. The molecule has 0 aliphatic heterocycles. The molecule has 6 heteroatoms. The monoisotopic (exact) mass is 284 g/mol. The molecule has 0 fully saturated rings. The van der Waals surface area contributed by atoms with Crippen LogP contribution in [0.2, 0.25) is 0 Å². The van der Waals surface area contributed by atoms with Gasteiger partial charge in [-0.25, -0.2) is 4.98 Å². The highest BCUT2D eigenvalue weighted by molar-refractivity contribution is 5.80. The lowest BCUT2D eigenvalue weighted by Gasteiger charge is -2.04. The van der Waals surface area contributed by atoms with Crippen LogP contribution in [0.1, 0.15) is 5.69 Å². The van der Waals surface area contributed by atoms with Crippen LogP contribution in [-0.2, 0) is 11.3 Å². The zero-order valence-corrected chi connectivity index (χ0v) is 12.0. The number of hydrogen-bond acceptors (Lipinski definition) is 4. The topological polar surface area (TPSA) is 72.8 Å². The Morgan fingerprint density at radius 1 is 1.29 bits per heavy atom. The van der Waals surface area contributed by atoms with Gasteiger partial charge in [-0.1, -0.05) is 0 Å². The zero-order chi connectivity index (χ0) is 14.8. The molecule has 0 aliphatic carbocycles. The van der Waals surface area contributed by atoms with Gasteiger partial charge in [0.2, 0.25) is 0 Å². The molecule has 0 unspecified atom stereocenters. The van der Waals surface area contributed by atoms with Crippen molar-refractivity contribution in [2.75, 3.05) is 13.7 Å². The minimum atomic E-state index is -0.138. The highest BCUT2D eigenvalue weighted by atomic mass is 16.5. The summed E-state index contributed by atoms with van der Waals surface area (Å²) in [7, 11) is 1.63. The minimum Gasteiger partial charge on any atom is -0.383 e. The van der Waals surface area contributed by atoms with Crippen molar-refractivity contribution in [1.29, 1.82) is 0 Å². The third kappa shape index (κ3) is 2.57. The third-order valence-electron chi connectivity index (χ3n) is 3.35. The minimum absolute atomic E-state index is 0.138. The van der Waals surface area contributed by atoms with E-state index in [0.717, 1.165) is 16.8 Å². The molecule has 0 amide bonds. The average molecular weight is 284 g/mol. The Kier molecular flexibility index (Phi) is 3.53. The van der Waals surface area contributed by atoms with Gasteiger partial charge >= 0.3 is 0 Å². The summed E-state index contributed by atoms with van der Waals surface area (Å²) in [6, 6.07) is 5.74. The standard InChI is InChI=1S/C15H16N4O2/c1-10-7-11(3-4-16-10)12-8-13-14(17-9-12)19(5-6-21-2)18-15(13)20/h3-4,7-9H,5-6H2,1-2H3,(H,18,20). The Balaban J connectivity index is 2.09. The molecule has 0 saturated heterocycles. The molecule has 6 nitrogen and oxygen atoms in total. The van der Waals surface area contributed by atoms with Crippen molar-refractivity contribution >= 4 is 11.0 Å². The summed E-state index contributed by atoms with van der Waals surface area (Å²) in [4.78, 5) is 20.6. The molecule has 3 rings (SSSR count). The SMILES string of the molecule is COCCn1[nH]c(=O)c2cc(-c3ccnc(C)c3)cnc21. The van der Waals surface area contributed by atoms with Gasteiger partial charge in [-0.15, -0.1) is 0 Å². The Hall–Kier alpha value is -2.47. The van der Waals surface area contributed by atoms with Gasteiger partial charge in [0.1, 0.15) is 0 Å². The molecule has 1 N–H and O–H groups in total. The molecule has 3 heterocycles. The number of aryl methyl sites for hydroxylation is 1. The van der Waals surface area contributed by atoms with Crippen molar-refractivity contribution in [3.8, 4) is 11.1 Å². The third-order valence-corrected chi connectivity index (χ3v) is 3.35. The highest BCUT2D eigenvalue weighted by Crippen LogP contribution is 2.21. The van der Waals surface area contributed by atoms with Crippen LogP contribution in [0.25, 0.3) is 22.2 Å². The number of pyridine rings is 2. The zero-order valence-electron chi connectivity index (χ0n) is 12.0. The number of hydrogen-bond donors (Lipinski definition) is 1. The van der Waals surface area contributed by atoms with Crippen LogP contribution in [0.5, 0.6) is 0 Å². The van der Waals surface area contributed by atoms with Gasteiger partial charge in [-0.3, -0.25) is 19.6 Å². The van der Waals surface area contributed by atoms with Crippen LogP contribution >= 0.6 is 0 Å². The number of methoxy groups -OCH3 is 1. The van der Waals surface area contributed by atoms with E-state index in [1.165, 1.54) is 0 Å². The first-order chi connectivity index (χ1) is 10.2. The summed E-state index contributed by atoms with van der Waals surface area (Å²) in [5.41, 5.74) is 3.34. The van der Waals surface area contributed by atoms with Gasteiger partial charge in [-0.05, 0) is 30.7 Å². The van der Waals surface area contributed by atoms with Crippen molar-refractivity contribution in [3.05, 3.63) is 46.6 Å². The molecule has 0 saturated carbocycles. The first-order valence-corrected chi connectivity index (χ1v) is 6.69. The predicted octanol–water partition coefficient (Wildman–Crippen LogP) is 1.74. The molecule has 0 aromatic carbocycles. The number of nitrogens with one attached hydrogen (secondary N) is 1. The van der Waals surface area contributed by atoms with Crippen LogP contribution in [0.4, 0.5) is 0 Å². The molecule has 0 radical (unpaired) electrons. The summed E-state index contributed by atoms with van der Waals surface area (Å²) < 4.78 is 6.74. The Morgan fingerprint density at radius 3 is 2.90 bits per heavy atom. The van der Waals surface area contributed by atoms with E-state index in [-0.39, 0.29) is 5.56 Å². The Bertz CT molecular complexity index is 835. The van der Waals surface area contributed by atoms with Crippen molar-refractivity contribution in [3.63, 3.8) is 0 Å². The summed E-state index contributed by atoms with van der Waals surface area (Å²) in [5.74, 6) is 0. The second kappa shape index (κ2) is 5.49. The van der Waals surface area contributed by atoms with Gasteiger partial charge in [0, 0.05) is 30.8 Å². The number of aromatic nitrogens is 4. The summed E-state index contributed by atoms with van der Waals surface area (Å²) in [6.45, 7) is 3.02. The number of H-pyrrole nitrogens is 1.